The van der Waals surface area contributed by atoms with Crippen molar-refractivity contribution < 1.29 is 0 Å². The molecule has 1 aromatic rings. The number of nitrogens with two attached hydrogens (primary N) is 1. The van der Waals surface area contributed by atoms with Gasteiger partial charge in [0.15, 0.2) is 5.96 Å². The molecule has 0 saturated carbocycles. The van der Waals surface area contributed by atoms with E-state index >= 15 is 0 Å². The highest BCUT2D eigenvalue weighted by Gasteiger charge is 2.17. The second-order valence-corrected chi connectivity index (χ2v) is 5.78. The summed E-state index contributed by atoms with van der Waals surface area (Å²) in [5.41, 5.74) is 8.14. The van der Waals surface area contributed by atoms with Crippen LogP contribution in [0.1, 0.15) is 44.4 Å². The van der Waals surface area contributed by atoms with E-state index < -0.39 is 0 Å². The molecule has 0 radical (unpaired) electrons. The lowest BCUT2D eigenvalue weighted by atomic mass is 10.2. The molecule has 116 valence electrons. The maximum absolute atomic E-state index is 5.94. The fourth-order valence-corrected chi connectivity index (χ4v) is 2.47. The fourth-order valence-electron chi connectivity index (χ4n) is 2.47. The molecule has 1 aliphatic heterocycles. The molecule has 1 atom stereocenters. The first-order valence-electron chi connectivity index (χ1n) is 7.88. The monoisotopic (exact) mass is 289 g/mol. The lowest BCUT2D eigenvalue weighted by Crippen LogP contribution is -2.38. The Morgan fingerprint density at radius 2 is 2.14 bits per heavy atom. The Morgan fingerprint density at radius 1 is 1.43 bits per heavy atom. The number of rotatable bonds is 5. The van der Waals surface area contributed by atoms with Crippen LogP contribution < -0.4 is 16.0 Å². The number of hydrogen-bond acceptors (Lipinski definition) is 3. The van der Waals surface area contributed by atoms with Gasteiger partial charge in [-0.15, -0.1) is 0 Å². The van der Waals surface area contributed by atoms with E-state index in [2.05, 4.69) is 35.1 Å². The number of aromatic nitrogens is 1. The lowest BCUT2D eigenvalue weighted by Gasteiger charge is -2.20. The molecule has 2 heterocycles. The van der Waals surface area contributed by atoms with Gasteiger partial charge in [-0.2, -0.15) is 0 Å². The van der Waals surface area contributed by atoms with Crippen molar-refractivity contribution in [2.45, 2.75) is 52.6 Å². The molecule has 1 fully saturated rings. The van der Waals surface area contributed by atoms with E-state index in [1.54, 1.807) is 0 Å². The Balaban J connectivity index is 2.10. The molecular formula is C16H27N5. The number of anilines is 1. The van der Waals surface area contributed by atoms with Crippen LogP contribution in [0.5, 0.6) is 0 Å². The minimum Gasteiger partial charge on any atom is -0.370 e. The van der Waals surface area contributed by atoms with Gasteiger partial charge >= 0.3 is 0 Å². The summed E-state index contributed by atoms with van der Waals surface area (Å²) in [4.78, 5) is 11.5. The van der Waals surface area contributed by atoms with Crippen LogP contribution in [0.3, 0.4) is 0 Å². The highest BCUT2D eigenvalue weighted by Crippen LogP contribution is 2.23. The average molecular weight is 289 g/mol. The van der Waals surface area contributed by atoms with E-state index in [4.69, 9.17) is 10.7 Å². The van der Waals surface area contributed by atoms with E-state index in [1.165, 1.54) is 12.8 Å². The first kappa shape index (κ1) is 15.6. The van der Waals surface area contributed by atoms with Crippen molar-refractivity contribution >= 4 is 11.8 Å². The topological polar surface area (TPSA) is 66.5 Å². The molecule has 3 N–H and O–H groups in total. The van der Waals surface area contributed by atoms with Crippen molar-refractivity contribution in [1.82, 2.24) is 10.3 Å². The molecule has 0 amide bonds. The van der Waals surface area contributed by atoms with E-state index in [0.717, 1.165) is 36.6 Å². The van der Waals surface area contributed by atoms with Gasteiger partial charge in [-0.05, 0) is 39.2 Å². The number of pyridine rings is 1. The molecule has 1 saturated heterocycles. The third-order valence-corrected chi connectivity index (χ3v) is 3.93. The Hall–Kier alpha value is -1.78. The van der Waals surface area contributed by atoms with Crippen molar-refractivity contribution in [2.24, 2.45) is 10.7 Å². The first-order chi connectivity index (χ1) is 10.1. The molecule has 5 heteroatoms. The second kappa shape index (κ2) is 7.29. The smallest absolute Gasteiger partial charge is 0.189 e. The van der Waals surface area contributed by atoms with E-state index in [-0.39, 0.29) is 0 Å². The third-order valence-electron chi connectivity index (χ3n) is 3.93. The van der Waals surface area contributed by atoms with Crippen LogP contribution in [0.15, 0.2) is 17.1 Å². The molecule has 1 aromatic heterocycles. The minimum absolute atomic E-state index is 0.350. The number of nitrogens with one attached hydrogen (secondary N) is 1. The first-order valence-corrected chi connectivity index (χ1v) is 7.88. The highest BCUT2D eigenvalue weighted by atomic mass is 15.2. The molecule has 5 nitrogen and oxygen atoms in total. The molecule has 0 spiro atoms. The van der Waals surface area contributed by atoms with Crippen LogP contribution in [0.2, 0.25) is 0 Å². The van der Waals surface area contributed by atoms with Crippen LogP contribution >= 0.6 is 0 Å². The maximum atomic E-state index is 5.94. The van der Waals surface area contributed by atoms with Gasteiger partial charge in [0.05, 0.1) is 6.54 Å². The lowest BCUT2D eigenvalue weighted by molar-refractivity contribution is 0.636. The van der Waals surface area contributed by atoms with Crippen LogP contribution in [0, 0.1) is 6.92 Å². The van der Waals surface area contributed by atoms with E-state index in [0.29, 0.717) is 18.5 Å². The third kappa shape index (κ3) is 4.34. The second-order valence-electron chi connectivity index (χ2n) is 5.78. The van der Waals surface area contributed by atoms with Gasteiger partial charge in [-0.3, -0.25) is 0 Å². The summed E-state index contributed by atoms with van der Waals surface area (Å²) >= 11 is 0. The van der Waals surface area contributed by atoms with Crippen molar-refractivity contribution in [1.29, 1.82) is 0 Å². The van der Waals surface area contributed by atoms with Gasteiger partial charge in [0.1, 0.15) is 5.82 Å². The summed E-state index contributed by atoms with van der Waals surface area (Å²) in [5, 5.41) is 3.19. The largest absolute Gasteiger partial charge is 0.370 e. The van der Waals surface area contributed by atoms with Gasteiger partial charge in [-0.25, -0.2) is 9.98 Å². The Kier molecular flexibility index (Phi) is 5.42. The zero-order valence-corrected chi connectivity index (χ0v) is 13.4. The maximum Gasteiger partial charge on any atom is 0.189 e. The normalized spacial score (nSPS) is 17.1. The van der Waals surface area contributed by atoms with Gasteiger partial charge in [0.2, 0.25) is 0 Å². The zero-order chi connectivity index (χ0) is 15.2. The van der Waals surface area contributed by atoms with Crippen molar-refractivity contribution in [3.8, 4) is 0 Å². The summed E-state index contributed by atoms with van der Waals surface area (Å²) in [6.07, 6.45) is 3.52. The summed E-state index contributed by atoms with van der Waals surface area (Å²) < 4.78 is 0. The standard InChI is InChI=1S/C16H27N5/c1-4-12(2)20-16(17)18-11-14-8-7-13(3)19-15(14)21-9-5-6-10-21/h7-8,12H,4-6,9-11H2,1-3H3,(H3,17,18,20). The minimum atomic E-state index is 0.350. The summed E-state index contributed by atoms with van der Waals surface area (Å²) in [6.45, 7) is 9.02. The Labute approximate surface area is 127 Å². The van der Waals surface area contributed by atoms with Gasteiger partial charge in [0.25, 0.3) is 0 Å². The van der Waals surface area contributed by atoms with E-state index in [9.17, 15) is 0 Å². The number of nitrogens with zero attached hydrogens (tertiary/aromatic N) is 3. The quantitative estimate of drug-likeness (QED) is 0.644. The van der Waals surface area contributed by atoms with Gasteiger partial charge < -0.3 is 16.0 Å². The predicted molar refractivity (Wildman–Crippen MR) is 88.6 cm³/mol. The van der Waals surface area contributed by atoms with Gasteiger partial charge in [0, 0.05) is 30.4 Å². The van der Waals surface area contributed by atoms with Crippen molar-refractivity contribution in [3.63, 3.8) is 0 Å². The highest BCUT2D eigenvalue weighted by molar-refractivity contribution is 5.78. The molecule has 21 heavy (non-hydrogen) atoms. The molecular weight excluding hydrogens is 262 g/mol. The van der Waals surface area contributed by atoms with Crippen molar-refractivity contribution in [3.05, 3.63) is 23.4 Å². The Bertz CT molecular complexity index is 491. The predicted octanol–water partition coefficient (Wildman–Crippen LogP) is 2.19. The number of aliphatic imine (C=N–C) groups is 1. The number of guanidine groups is 1. The summed E-state index contributed by atoms with van der Waals surface area (Å²) in [7, 11) is 0. The Morgan fingerprint density at radius 3 is 2.81 bits per heavy atom. The molecule has 2 rings (SSSR count). The van der Waals surface area contributed by atoms with Crippen LogP contribution in [-0.2, 0) is 6.54 Å². The molecule has 1 unspecified atom stereocenters. The number of aryl methyl sites for hydroxylation is 1. The van der Waals surface area contributed by atoms with Crippen LogP contribution in [-0.4, -0.2) is 30.1 Å². The molecule has 1 aliphatic rings. The molecule has 0 bridgehead atoms. The molecule has 0 aromatic carbocycles. The average Bonchev–Trinajstić information content (AvgIpc) is 2.99. The van der Waals surface area contributed by atoms with Crippen LogP contribution in [0.25, 0.3) is 0 Å². The fraction of sp³-hybridized carbons (Fsp3) is 0.625. The zero-order valence-electron chi connectivity index (χ0n) is 13.4. The van der Waals surface area contributed by atoms with Gasteiger partial charge in [-0.1, -0.05) is 13.0 Å². The molecule has 0 aliphatic carbocycles. The van der Waals surface area contributed by atoms with Crippen LogP contribution in [0.4, 0.5) is 5.82 Å². The SMILES string of the molecule is CCC(C)NC(N)=NCc1ccc(C)nc1N1CCCC1. The van der Waals surface area contributed by atoms with E-state index in [1.807, 2.05) is 13.0 Å². The van der Waals surface area contributed by atoms with Crippen molar-refractivity contribution in [2.75, 3.05) is 18.0 Å². The summed E-state index contributed by atoms with van der Waals surface area (Å²) in [6, 6.07) is 4.52. The summed E-state index contributed by atoms with van der Waals surface area (Å²) in [5.74, 6) is 1.59. The number of hydrogen-bond donors (Lipinski definition) is 2.